The van der Waals surface area contributed by atoms with Crippen molar-refractivity contribution >= 4 is 51.9 Å². The van der Waals surface area contributed by atoms with Gasteiger partial charge < -0.3 is 14.2 Å². The Morgan fingerprint density at radius 1 is 1.13 bits per heavy atom. The fraction of sp³-hybridized carbons (Fsp3) is 0.217. The van der Waals surface area contributed by atoms with Gasteiger partial charge in [-0.2, -0.15) is 0 Å². The first-order valence-electron chi connectivity index (χ1n) is 9.47. The van der Waals surface area contributed by atoms with Gasteiger partial charge >= 0.3 is 0 Å². The number of rotatable bonds is 9. The lowest BCUT2D eigenvalue weighted by atomic mass is 10.1. The number of hydrogen-bond donors (Lipinski definition) is 0. The number of nitrogens with zero attached hydrogens (tertiary/aromatic N) is 1. The molecule has 1 saturated heterocycles. The van der Waals surface area contributed by atoms with Crippen molar-refractivity contribution in [1.82, 2.24) is 4.90 Å². The van der Waals surface area contributed by atoms with E-state index in [1.165, 1.54) is 16.7 Å². The molecule has 5 nitrogen and oxygen atoms in total. The summed E-state index contributed by atoms with van der Waals surface area (Å²) in [5.74, 6) is 1.76. The molecule has 0 radical (unpaired) electrons. The number of methoxy groups -OCH3 is 1. The Balaban J connectivity index is 1.66. The normalized spacial score (nSPS) is 14.8. The Hall–Kier alpha value is -2.48. The monoisotopic (exact) mass is 475 g/mol. The van der Waals surface area contributed by atoms with Crippen LogP contribution in [0.15, 0.2) is 54.0 Å². The largest absolute Gasteiger partial charge is 0.493 e. The van der Waals surface area contributed by atoms with Crippen LogP contribution in [-0.4, -0.2) is 42.5 Å². The van der Waals surface area contributed by atoms with Crippen LogP contribution in [0.5, 0.6) is 17.2 Å². The molecule has 31 heavy (non-hydrogen) atoms. The number of hydrogen-bond acceptors (Lipinski definition) is 6. The van der Waals surface area contributed by atoms with Crippen LogP contribution in [0.1, 0.15) is 11.1 Å². The quantitative estimate of drug-likeness (QED) is 0.210. The molecule has 1 heterocycles. The summed E-state index contributed by atoms with van der Waals surface area (Å²) in [4.78, 5) is 14.3. The highest BCUT2D eigenvalue weighted by atomic mass is 35.5. The molecule has 0 aliphatic carbocycles. The number of allylic oxidation sites excluding steroid dienone is 1. The molecule has 8 heteroatoms. The lowest BCUT2D eigenvalue weighted by Crippen LogP contribution is -2.22. The zero-order chi connectivity index (χ0) is 22.4. The highest BCUT2D eigenvalue weighted by Crippen LogP contribution is 2.34. The molecule has 2 aromatic rings. The van der Waals surface area contributed by atoms with Crippen LogP contribution in [-0.2, 0) is 11.2 Å². The zero-order valence-electron chi connectivity index (χ0n) is 17.2. The van der Waals surface area contributed by atoms with E-state index in [-0.39, 0.29) is 5.91 Å². The number of carbonyl (C=O) groups is 1. The molecule has 1 aliphatic heterocycles. The molecule has 162 valence electrons. The van der Waals surface area contributed by atoms with E-state index in [1.54, 1.807) is 38.4 Å². The van der Waals surface area contributed by atoms with E-state index >= 15 is 0 Å². The van der Waals surface area contributed by atoms with Gasteiger partial charge in [-0.1, -0.05) is 47.7 Å². The number of thiocarbonyl (C=S) groups is 1. The van der Waals surface area contributed by atoms with Gasteiger partial charge in [0.1, 0.15) is 23.3 Å². The van der Waals surface area contributed by atoms with Crippen molar-refractivity contribution in [2.45, 2.75) is 6.42 Å². The van der Waals surface area contributed by atoms with Crippen LogP contribution in [0.3, 0.4) is 0 Å². The first-order valence-corrected chi connectivity index (χ1v) is 11.1. The summed E-state index contributed by atoms with van der Waals surface area (Å²) in [5.41, 5.74) is 1.80. The van der Waals surface area contributed by atoms with E-state index < -0.39 is 0 Å². The molecular formula is C23H22ClNO4S2. The van der Waals surface area contributed by atoms with Gasteiger partial charge in [-0.15, -0.1) is 6.58 Å². The summed E-state index contributed by atoms with van der Waals surface area (Å²) in [6, 6.07) is 11.0. The van der Waals surface area contributed by atoms with Crippen molar-refractivity contribution in [3.05, 3.63) is 70.1 Å². The third-order valence-corrected chi connectivity index (χ3v) is 6.17. The molecule has 1 amide bonds. The second kappa shape index (κ2) is 10.7. The number of benzene rings is 2. The maximum Gasteiger partial charge on any atom is 0.265 e. The summed E-state index contributed by atoms with van der Waals surface area (Å²) in [7, 11) is 3.26. The van der Waals surface area contributed by atoms with E-state index in [2.05, 4.69) is 6.58 Å². The Kier molecular flexibility index (Phi) is 8.01. The van der Waals surface area contributed by atoms with Crippen molar-refractivity contribution in [2.24, 2.45) is 0 Å². The van der Waals surface area contributed by atoms with E-state index in [1.807, 2.05) is 24.3 Å². The molecule has 0 unspecified atom stereocenters. The Morgan fingerprint density at radius 2 is 1.84 bits per heavy atom. The molecule has 0 saturated carbocycles. The Bertz CT molecular complexity index is 1040. The Morgan fingerprint density at radius 3 is 2.48 bits per heavy atom. The summed E-state index contributed by atoms with van der Waals surface area (Å²) >= 11 is 12.6. The highest BCUT2D eigenvalue weighted by molar-refractivity contribution is 8.26. The lowest BCUT2D eigenvalue weighted by molar-refractivity contribution is -0.121. The molecule has 0 aromatic heterocycles. The van der Waals surface area contributed by atoms with Crippen LogP contribution in [0.2, 0.25) is 5.02 Å². The maximum atomic E-state index is 12.3. The van der Waals surface area contributed by atoms with Crippen LogP contribution in [0.4, 0.5) is 0 Å². The molecule has 0 spiro atoms. The van der Waals surface area contributed by atoms with Crippen LogP contribution in [0, 0.1) is 0 Å². The summed E-state index contributed by atoms with van der Waals surface area (Å²) < 4.78 is 17.7. The van der Waals surface area contributed by atoms with E-state index in [4.69, 9.17) is 38.0 Å². The third kappa shape index (κ3) is 5.81. The smallest absolute Gasteiger partial charge is 0.265 e. The standard InChI is InChI=1S/C23H22ClNO4S2/c1-4-5-15-6-8-19(20(12-15)27-3)29-11-10-28-18-9-7-17(24)13-16(18)14-21-22(26)25(2)23(30)31-21/h4,6-9,12-14H,1,5,10-11H2,2-3H3/b21-14-. The number of halogens is 1. The van der Waals surface area contributed by atoms with E-state index in [9.17, 15) is 4.79 Å². The van der Waals surface area contributed by atoms with Crippen LogP contribution < -0.4 is 14.2 Å². The van der Waals surface area contributed by atoms with Crippen molar-refractivity contribution < 1.29 is 19.0 Å². The predicted molar refractivity (Wildman–Crippen MR) is 130 cm³/mol. The molecule has 1 aliphatic rings. The van der Waals surface area contributed by atoms with E-state index in [0.29, 0.717) is 50.3 Å². The zero-order valence-corrected chi connectivity index (χ0v) is 19.6. The minimum atomic E-state index is -0.142. The van der Waals surface area contributed by atoms with Gasteiger partial charge in [0.25, 0.3) is 5.91 Å². The van der Waals surface area contributed by atoms with Crippen molar-refractivity contribution in [3.63, 3.8) is 0 Å². The predicted octanol–water partition coefficient (Wildman–Crippen LogP) is 5.37. The minimum absolute atomic E-state index is 0.142. The lowest BCUT2D eigenvalue weighted by Gasteiger charge is -2.13. The van der Waals surface area contributed by atoms with Gasteiger partial charge in [-0.05, 0) is 48.4 Å². The number of thioether (sulfide) groups is 1. The molecular weight excluding hydrogens is 454 g/mol. The Labute approximate surface area is 196 Å². The fourth-order valence-corrected chi connectivity index (χ4v) is 4.23. The topological polar surface area (TPSA) is 48.0 Å². The van der Waals surface area contributed by atoms with Gasteiger partial charge in [-0.25, -0.2) is 0 Å². The van der Waals surface area contributed by atoms with Gasteiger partial charge in [0.05, 0.1) is 12.0 Å². The maximum absolute atomic E-state index is 12.3. The van der Waals surface area contributed by atoms with Crippen molar-refractivity contribution in [3.8, 4) is 17.2 Å². The summed E-state index contributed by atoms with van der Waals surface area (Å²) in [6.07, 6.45) is 4.34. The highest BCUT2D eigenvalue weighted by Gasteiger charge is 2.29. The molecule has 2 aromatic carbocycles. The molecule has 0 atom stereocenters. The second-order valence-corrected chi connectivity index (χ2v) is 8.71. The summed E-state index contributed by atoms with van der Waals surface area (Å²) in [6.45, 7) is 4.37. The molecule has 0 N–H and O–H groups in total. The van der Waals surface area contributed by atoms with Gasteiger partial charge in [0.15, 0.2) is 11.5 Å². The number of ether oxygens (including phenoxy) is 3. The van der Waals surface area contributed by atoms with Crippen molar-refractivity contribution in [2.75, 3.05) is 27.4 Å². The first-order chi connectivity index (χ1) is 14.9. The SMILES string of the molecule is C=CCc1ccc(OCCOc2ccc(Cl)cc2/C=C2\SC(=S)N(C)C2=O)c(OC)c1. The third-order valence-electron chi connectivity index (χ3n) is 4.45. The van der Waals surface area contributed by atoms with Gasteiger partial charge in [-0.3, -0.25) is 9.69 Å². The first kappa shape index (κ1) is 23.2. The van der Waals surface area contributed by atoms with Gasteiger partial charge in [0, 0.05) is 17.6 Å². The fourth-order valence-electron chi connectivity index (χ4n) is 2.88. The average Bonchev–Trinajstić information content (AvgIpc) is 2.99. The summed E-state index contributed by atoms with van der Waals surface area (Å²) in [5, 5.41) is 0.547. The van der Waals surface area contributed by atoms with Gasteiger partial charge in [0.2, 0.25) is 0 Å². The van der Waals surface area contributed by atoms with E-state index in [0.717, 1.165) is 12.0 Å². The average molecular weight is 476 g/mol. The number of amides is 1. The minimum Gasteiger partial charge on any atom is -0.493 e. The van der Waals surface area contributed by atoms with Crippen LogP contribution in [0.25, 0.3) is 6.08 Å². The second-order valence-electron chi connectivity index (χ2n) is 6.60. The van der Waals surface area contributed by atoms with Crippen molar-refractivity contribution in [1.29, 1.82) is 0 Å². The number of likely N-dealkylation sites (N-methyl/N-ethyl adjacent to an activating group) is 1. The van der Waals surface area contributed by atoms with Crippen LogP contribution >= 0.6 is 35.6 Å². The molecule has 3 rings (SSSR count). The molecule has 1 fully saturated rings. The number of carbonyl (C=O) groups excluding carboxylic acids is 1. The molecule has 0 bridgehead atoms.